The van der Waals surface area contributed by atoms with Crippen LogP contribution in [0, 0.1) is 12.8 Å². The molecule has 120 valence electrons. The van der Waals surface area contributed by atoms with E-state index in [9.17, 15) is 4.79 Å². The molecule has 0 unspecified atom stereocenters. The molecule has 4 heteroatoms. The zero-order chi connectivity index (χ0) is 15.8. The Balaban J connectivity index is 1.42. The lowest BCUT2D eigenvalue weighted by atomic mass is 9.94. The predicted molar refractivity (Wildman–Crippen MR) is 89.2 cm³/mol. The number of nitrogens with zero attached hydrogens (tertiary/aromatic N) is 2. The monoisotopic (exact) mass is 309 g/mol. The molecule has 2 heterocycles. The van der Waals surface area contributed by atoms with Crippen LogP contribution in [0.15, 0.2) is 36.5 Å². The van der Waals surface area contributed by atoms with Crippen molar-refractivity contribution >= 4 is 5.91 Å². The molecule has 4 nitrogen and oxygen atoms in total. The van der Waals surface area contributed by atoms with E-state index >= 15 is 0 Å². The zero-order valence-corrected chi connectivity index (χ0v) is 13.5. The van der Waals surface area contributed by atoms with Crippen LogP contribution in [0.2, 0.25) is 0 Å². The number of hydrogen-bond acceptors (Lipinski definition) is 2. The van der Waals surface area contributed by atoms with Gasteiger partial charge in [0, 0.05) is 36.8 Å². The van der Waals surface area contributed by atoms with E-state index < -0.39 is 0 Å². The summed E-state index contributed by atoms with van der Waals surface area (Å²) in [6.45, 7) is 3.85. The van der Waals surface area contributed by atoms with Crippen LogP contribution in [-0.4, -0.2) is 34.1 Å². The second-order valence-corrected chi connectivity index (χ2v) is 7.00. The number of nitrogens with one attached hydrogen (secondary N) is 1. The van der Waals surface area contributed by atoms with E-state index in [0.717, 1.165) is 38.0 Å². The number of rotatable bonds is 3. The number of aryl methyl sites for hydroxylation is 1. The van der Waals surface area contributed by atoms with Crippen molar-refractivity contribution in [2.24, 2.45) is 5.92 Å². The van der Waals surface area contributed by atoms with E-state index in [2.05, 4.69) is 46.3 Å². The van der Waals surface area contributed by atoms with Gasteiger partial charge in [-0.15, -0.1) is 0 Å². The molecule has 1 aromatic heterocycles. The van der Waals surface area contributed by atoms with Gasteiger partial charge in [-0.05, 0) is 43.7 Å². The molecular weight excluding hydrogens is 286 g/mol. The minimum atomic E-state index is 0.192. The van der Waals surface area contributed by atoms with Crippen molar-refractivity contribution in [1.82, 2.24) is 15.1 Å². The summed E-state index contributed by atoms with van der Waals surface area (Å²) in [7, 11) is 0. The molecule has 2 fully saturated rings. The minimum Gasteiger partial charge on any atom is -0.342 e. The average Bonchev–Trinajstić information content (AvgIpc) is 3.19. The van der Waals surface area contributed by atoms with Crippen LogP contribution in [0.25, 0.3) is 0 Å². The van der Waals surface area contributed by atoms with Crippen molar-refractivity contribution in [3.05, 3.63) is 53.3 Å². The Hall–Kier alpha value is -2.10. The lowest BCUT2D eigenvalue weighted by Gasteiger charge is -2.32. The van der Waals surface area contributed by atoms with Gasteiger partial charge in [-0.25, -0.2) is 0 Å². The average molecular weight is 309 g/mol. The molecule has 3 atom stereocenters. The fourth-order valence-electron chi connectivity index (χ4n) is 3.90. The van der Waals surface area contributed by atoms with Crippen molar-refractivity contribution in [3.8, 4) is 0 Å². The minimum absolute atomic E-state index is 0.192. The molecular formula is C19H23N3O. The first kappa shape index (κ1) is 14.5. The number of carbonyl (C=O) groups excluding carboxylic acids is 1. The molecule has 1 aromatic carbocycles. The van der Waals surface area contributed by atoms with E-state index in [1.807, 2.05) is 6.07 Å². The molecule has 1 amide bonds. The highest BCUT2D eigenvalue weighted by atomic mass is 16.2. The van der Waals surface area contributed by atoms with Gasteiger partial charge in [0.15, 0.2) is 0 Å². The topological polar surface area (TPSA) is 49.0 Å². The van der Waals surface area contributed by atoms with Gasteiger partial charge in [-0.1, -0.05) is 29.8 Å². The molecule has 1 saturated carbocycles. The van der Waals surface area contributed by atoms with E-state index in [0.29, 0.717) is 17.7 Å². The highest BCUT2D eigenvalue weighted by molar-refractivity contribution is 5.83. The smallest absolute Gasteiger partial charge is 0.226 e. The van der Waals surface area contributed by atoms with Gasteiger partial charge in [0.05, 0.1) is 0 Å². The number of aromatic amines is 1. The Labute approximate surface area is 136 Å². The van der Waals surface area contributed by atoms with Gasteiger partial charge in [0.25, 0.3) is 0 Å². The molecule has 1 aliphatic heterocycles. The molecule has 4 rings (SSSR count). The summed E-state index contributed by atoms with van der Waals surface area (Å²) in [6.07, 6.45) is 5.02. The maximum Gasteiger partial charge on any atom is 0.226 e. The molecule has 0 spiro atoms. The summed E-state index contributed by atoms with van der Waals surface area (Å²) in [5, 5.41) is 7.11. The van der Waals surface area contributed by atoms with Gasteiger partial charge in [0.1, 0.15) is 0 Å². The summed E-state index contributed by atoms with van der Waals surface area (Å²) in [6, 6.07) is 10.6. The normalized spacial score (nSPS) is 27.0. The van der Waals surface area contributed by atoms with Crippen LogP contribution in [-0.2, 0) is 4.79 Å². The van der Waals surface area contributed by atoms with Gasteiger partial charge < -0.3 is 4.90 Å². The van der Waals surface area contributed by atoms with Crippen LogP contribution in [0.3, 0.4) is 0 Å². The van der Waals surface area contributed by atoms with Gasteiger partial charge in [-0.3, -0.25) is 9.89 Å². The Bertz CT molecular complexity index is 694. The standard InChI is InChI=1S/C19H23N3O/c1-13-4-2-5-14(10-13)16-11-17(16)19(23)22-9-3-6-15(12-22)18-7-8-20-21-18/h2,4-5,7-8,10,15-17H,3,6,9,11-12H2,1H3,(H,20,21)/t15-,16-,17-/m0/s1. The molecule has 1 aliphatic carbocycles. The van der Waals surface area contributed by atoms with E-state index in [1.54, 1.807) is 6.20 Å². The number of H-pyrrole nitrogens is 1. The Morgan fingerprint density at radius 2 is 2.26 bits per heavy atom. The summed E-state index contributed by atoms with van der Waals surface area (Å²) >= 11 is 0. The lowest BCUT2D eigenvalue weighted by Crippen LogP contribution is -2.40. The third-order valence-electron chi connectivity index (χ3n) is 5.27. The number of likely N-dealkylation sites (tertiary alicyclic amines) is 1. The first-order chi connectivity index (χ1) is 11.2. The molecule has 2 aromatic rings. The van der Waals surface area contributed by atoms with E-state index in [4.69, 9.17) is 0 Å². The largest absolute Gasteiger partial charge is 0.342 e. The van der Waals surface area contributed by atoms with Crippen molar-refractivity contribution in [1.29, 1.82) is 0 Å². The highest BCUT2D eigenvalue weighted by Gasteiger charge is 2.46. The number of benzene rings is 1. The van der Waals surface area contributed by atoms with E-state index in [1.165, 1.54) is 11.1 Å². The van der Waals surface area contributed by atoms with Crippen LogP contribution < -0.4 is 0 Å². The van der Waals surface area contributed by atoms with Crippen LogP contribution in [0.5, 0.6) is 0 Å². The molecule has 0 bridgehead atoms. The third-order valence-corrected chi connectivity index (χ3v) is 5.27. The predicted octanol–water partition coefficient (Wildman–Crippen LogP) is 3.23. The molecule has 0 radical (unpaired) electrons. The van der Waals surface area contributed by atoms with Crippen molar-refractivity contribution in [2.45, 2.75) is 38.0 Å². The molecule has 1 N–H and O–H groups in total. The van der Waals surface area contributed by atoms with Crippen molar-refractivity contribution in [2.75, 3.05) is 13.1 Å². The quantitative estimate of drug-likeness (QED) is 0.946. The maximum absolute atomic E-state index is 12.8. The van der Waals surface area contributed by atoms with Gasteiger partial charge >= 0.3 is 0 Å². The number of aromatic nitrogens is 2. The maximum atomic E-state index is 12.8. The molecule has 2 aliphatic rings. The number of piperidine rings is 1. The Kier molecular flexibility index (Phi) is 3.68. The third kappa shape index (κ3) is 2.90. The van der Waals surface area contributed by atoms with E-state index in [-0.39, 0.29) is 5.92 Å². The van der Waals surface area contributed by atoms with Crippen LogP contribution >= 0.6 is 0 Å². The fraction of sp³-hybridized carbons (Fsp3) is 0.474. The summed E-state index contributed by atoms with van der Waals surface area (Å²) in [5.74, 6) is 1.37. The molecule has 1 saturated heterocycles. The molecule has 23 heavy (non-hydrogen) atoms. The van der Waals surface area contributed by atoms with Crippen LogP contribution in [0.4, 0.5) is 0 Å². The van der Waals surface area contributed by atoms with Crippen molar-refractivity contribution in [3.63, 3.8) is 0 Å². The Morgan fingerprint density at radius 1 is 1.35 bits per heavy atom. The summed E-state index contributed by atoms with van der Waals surface area (Å²) in [5.41, 5.74) is 3.76. The second kappa shape index (κ2) is 5.84. The number of amides is 1. The summed E-state index contributed by atoms with van der Waals surface area (Å²) in [4.78, 5) is 14.9. The van der Waals surface area contributed by atoms with Crippen LogP contribution in [0.1, 0.15) is 47.9 Å². The first-order valence-electron chi connectivity index (χ1n) is 8.57. The second-order valence-electron chi connectivity index (χ2n) is 7.00. The van der Waals surface area contributed by atoms with Gasteiger partial charge in [0.2, 0.25) is 5.91 Å². The zero-order valence-electron chi connectivity index (χ0n) is 13.5. The Morgan fingerprint density at radius 3 is 3.04 bits per heavy atom. The first-order valence-corrected chi connectivity index (χ1v) is 8.57. The lowest BCUT2D eigenvalue weighted by molar-refractivity contribution is -0.133. The fourth-order valence-corrected chi connectivity index (χ4v) is 3.90. The SMILES string of the molecule is Cc1cccc([C@@H]2C[C@@H]2C(=O)N2CCC[C@H](c3ccn[nH]3)C2)c1. The van der Waals surface area contributed by atoms with Gasteiger partial charge in [-0.2, -0.15) is 5.10 Å². The summed E-state index contributed by atoms with van der Waals surface area (Å²) < 4.78 is 0. The number of hydrogen-bond donors (Lipinski definition) is 1. The highest BCUT2D eigenvalue weighted by Crippen LogP contribution is 2.49. The van der Waals surface area contributed by atoms with Crippen molar-refractivity contribution < 1.29 is 4.79 Å². The number of carbonyl (C=O) groups is 1.